The first-order chi connectivity index (χ1) is 8.74. The summed E-state index contributed by atoms with van der Waals surface area (Å²) in [5.41, 5.74) is 2.36. The molecule has 0 bridgehead atoms. The van der Waals surface area contributed by atoms with Crippen LogP contribution in [0.4, 0.5) is 0 Å². The number of benzene rings is 1. The molecule has 1 aromatic heterocycles. The monoisotopic (exact) mass is 281 g/mol. The fourth-order valence-electron chi connectivity index (χ4n) is 3.08. The molecule has 18 heavy (non-hydrogen) atoms. The highest BCUT2D eigenvalue weighted by Crippen LogP contribution is 2.33. The van der Waals surface area contributed by atoms with Crippen LogP contribution in [0, 0.1) is 5.92 Å². The van der Waals surface area contributed by atoms with Crippen molar-refractivity contribution in [1.29, 1.82) is 0 Å². The normalized spacial score (nSPS) is 16.8. The lowest BCUT2D eigenvalue weighted by Gasteiger charge is -2.07. The molecule has 1 nitrogen and oxygen atoms in total. The van der Waals surface area contributed by atoms with Crippen LogP contribution in [-0.4, -0.2) is 4.98 Å². The molecule has 1 saturated carbocycles. The lowest BCUT2D eigenvalue weighted by molar-refractivity contribution is 0.504. The number of H-pyrrole nitrogens is 1. The van der Waals surface area contributed by atoms with Crippen molar-refractivity contribution in [3.05, 3.63) is 33.9 Å². The Morgan fingerprint density at radius 1 is 1.17 bits per heavy atom. The number of rotatable bonds is 3. The van der Waals surface area contributed by atoms with E-state index in [0.717, 1.165) is 17.9 Å². The van der Waals surface area contributed by atoms with Crippen LogP contribution < -0.4 is 0 Å². The maximum atomic E-state index is 6.19. The van der Waals surface area contributed by atoms with Crippen LogP contribution in [0.5, 0.6) is 0 Å². The van der Waals surface area contributed by atoms with E-state index < -0.39 is 0 Å². The Labute approximate surface area is 117 Å². The van der Waals surface area contributed by atoms with Gasteiger partial charge in [0.25, 0.3) is 0 Å². The predicted octanol–water partition coefficient (Wildman–Crippen LogP) is 5.60. The van der Waals surface area contributed by atoms with E-state index in [-0.39, 0.29) is 0 Å². The van der Waals surface area contributed by atoms with Gasteiger partial charge in [0.1, 0.15) is 0 Å². The van der Waals surface area contributed by atoms with Gasteiger partial charge in [0, 0.05) is 16.6 Å². The molecule has 1 aliphatic carbocycles. The molecule has 1 heterocycles. The number of aromatic amines is 1. The lowest BCUT2D eigenvalue weighted by Crippen LogP contribution is -1.95. The third kappa shape index (κ3) is 2.39. The number of halogens is 2. The van der Waals surface area contributed by atoms with Gasteiger partial charge in [-0.3, -0.25) is 0 Å². The Kier molecular flexibility index (Phi) is 3.54. The van der Waals surface area contributed by atoms with Gasteiger partial charge in [-0.25, -0.2) is 0 Å². The van der Waals surface area contributed by atoms with Crippen molar-refractivity contribution in [3.8, 4) is 0 Å². The molecule has 1 aromatic carbocycles. The van der Waals surface area contributed by atoms with Gasteiger partial charge in [0.2, 0.25) is 0 Å². The number of aromatic nitrogens is 1. The summed E-state index contributed by atoms with van der Waals surface area (Å²) in [4.78, 5) is 3.27. The smallest absolute Gasteiger partial charge is 0.0661 e. The van der Waals surface area contributed by atoms with Crippen molar-refractivity contribution in [2.45, 2.75) is 38.5 Å². The van der Waals surface area contributed by atoms with Gasteiger partial charge in [-0.15, -0.1) is 0 Å². The summed E-state index contributed by atoms with van der Waals surface area (Å²) in [6.07, 6.45) is 10.1. The second-order valence-corrected chi connectivity index (χ2v) is 6.16. The highest BCUT2D eigenvalue weighted by Gasteiger charge is 2.16. The van der Waals surface area contributed by atoms with E-state index >= 15 is 0 Å². The number of hydrogen-bond acceptors (Lipinski definition) is 0. The van der Waals surface area contributed by atoms with Crippen molar-refractivity contribution in [3.63, 3.8) is 0 Å². The molecule has 3 heteroatoms. The Morgan fingerprint density at radius 2 is 1.94 bits per heavy atom. The van der Waals surface area contributed by atoms with Crippen LogP contribution in [0.3, 0.4) is 0 Å². The van der Waals surface area contributed by atoms with E-state index in [1.54, 1.807) is 6.07 Å². The molecule has 96 valence electrons. The summed E-state index contributed by atoms with van der Waals surface area (Å²) >= 11 is 12.3. The van der Waals surface area contributed by atoms with Crippen molar-refractivity contribution < 1.29 is 0 Å². The molecule has 0 aliphatic heterocycles. The van der Waals surface area contributed by atoms with Crippen molar-refractivity contribution >= 4 is 34.1 Å². The molecule has 1 N–H and O–H groups in total. The maximum Gasteiger partial charge on any atom is 0.0661 e. The Balaban J connectivity index is 1.83. The average molecular weight is 282 g/mol. The Morgan fingerprint density at radius 3 is 2.72 bits per heavy atom. The van der Waals surface area contributed by atoms with Gasteiger partial charge in [0.05, 0.1) is 10.5 Å². The fourth-order valence-corrected chi connectivity index (χ4v) is 3.62. The molecule has 2 aromatic rings. The summed E-state index contributed by atoms with van der Waals surface area (Å²) in [7, 11) is 0. The highest BCUT2D eigenvalue weighted by atomic mass is 35.5. The molecule has 0 amide bonds. The molecular weight excluding hydrogens is 265 g/mol. The van der Waals surface area contributed by atoms with E-state index in [0.29, 0.717) is 10.0 Å². The summed E-state index contributed by atoms with van der Waals surface area (Å²) in [6.45, 7) is 0. The van der Waals surface area contributed by atoms with E-state index in [9.17, 15) is 0 Å². The molecule has 1 fully saturated rings. The van der Waals surface area contributed by atoms with Crippen LogP contribution in [0.25, 0.3) is 10.9 Å². The Hall–Kier alpha value is -0.660. The Bertz CT molecular complexity index is 553. The predicted molar refractivity (Wildman–Crippen MR) is 78.6 cm³/mol. The molecule has 0 spiro atoms. The van der Waals surface area contributed by atoms with Crippen molar-refractivity contribution in [1.82, 2.24) is 4.98 Å². The molecule has 3 rings (SSSR count). The quantitative estimate of drug-likeness (QED) is 0.754. The largest absolute Gasteiger partial charge is 0.360 e. The van der Waals surface area contributed by atoms with Crippen molar-refractivity contribution in [2.24, 2.45) is 5.92 Å². The summed E-state index contributed by atoms with van der Waals surface area (Å²) < 4.78 is 0. The topological polar surface area (TPSA) is 15.8 Å². The molecule has 0 atom stereocenters. The van der Waals surface area contributed by atoms with Crippen LogP contribution in [0.15, 0.2) is 18.3 Å². The van der Waals surface area contributed by atoms with E-state index in [2.05, 4.69) is 11.2 Å². The molecule has 0 radical (unpaired) electrons. The number of hydrogen-bond donors (Lipinski definition) is 1. The van der Waals surface area contributed by atoms with Crippen molar-refractivity contribution in [2.75, 3.05) is 0 Å². The SMILES string of the molecule is Clc1cc(Cl)c2[nH]cc(CCC3CCCC3)c2c1. The number of nitrogens with one attached hydrogen (secondary N) is 1. The van der Waals surface area contributed by atoms with Crippen LogP contribution in [0.1, 0.15) is 37.7 Å². The zero-order valence-electron chi connectivity index (χ0n) is 10.3. The van der Waals surface area contributed by atoms with Crippen LogP contribution >= 0.6 is 23.2 Å². The molecule has 0 saturated heterocycles. The van der Waals surface area contributed by atoms with Gasteiger partial charge in [-0.2, -0.15) is 0 Å². The van der Waals surface area contributed by atoms with Gasteiger partial charge in [-0.1, -0.05) is 48.9 Å². The van der Waals surface area contributed by atoms with E-state index in [1.807, 2.05) is 6.07 Å². The fraction of sp³-hybridized carbons (Fsp3) is 0.467. The minimum atomic E-state index is 0.713. The second kappa shape index (κ2) is 5.14. The minimum Gasteiger partial charge on any atom is -0.360 e. The number of aryl methyl sites for hydroxylation is 1. The van der Waals surface area contributed by atoms with Crippen LogP contribution in [-0.2, 0) is 6.42 Å². The first-order valence-corrected chi connectivity index (χ1v) is 7.44. The zero-order chi connectivity index (χ0) is 12.5. The number of fused-ring (bicyclic) bond motifs is 1. The summed E-state index contributed by atoms with van der Waals surface area (Å²) in [5, 5.41) is 2.62. The summed E-state index contributed by atoms with van der Waals surface area (Å²) in [6, 6.07) is 3.81. The highest BCUT2D eigenvalue weighted by molar-refractivity contribution is 6.38. The van der Waals surface area contributed by atoms with E-state index in [1.165, 1.54) is 43.1 Å². The molecule has 0 unspecified atom stereocenters. The molecular formula is C15H17Cl2N. The first kappa shape index (κ1) is 12.4. The zero-order valence-corrected chi connectivity index (χ0v) is 11.8. The first-order valence-electron chi connectivity index (χ1n) is 6.69. The second-order valence-electron chi connectivity index (χ2n) is 5.31. The van der Waals surface area contributed by atoms with E-state index in [4.69, 9.17) is 23.2 Å². The van der Waals surface area contributed by atoms with Gasteiger partial charge < -0.3 is 4.98 Å². The molecule has 1 aliphatic rings. The minimum absolute atomic E-state index is 0.713. The average Bonchev–Trinajstić information content (AvgIpc) is 2.94. The third-order valence-electron chi connectivity index (χ3n) is 4.09. The lowest BCUT2D eigenvalue weighted by atomic mass is 9.98. The van der Waals surface area contributed by atoms with Gasteiger partial charge in [-0.05, 0) is 36.5 Å². The summed E-state index contributed by atoms with van der Waals surface area (Å²) in [5.74, 6) is 0.921. The van der Waals surface area contributed by atoms with Gasteiger partial charge >= 0.3 is 0 Å². The standard InChI is InChI=1S/C15H17Cl2N/c16-12-7-13-11(6-5-10-3-1-2-4-10)9-18-15(13)14(17)8-12/h7-10,18H,1-6H2. The maximum absolute atomic E-state index is 6.19. The van der Waals surface area contributed by atoms with Gasteiger partial charge in [0.15, 0.2) is 0 Å². The third-order valence-corrected chi connectivity index (χ3v) is 4.60. The van der Waals surface area contributed by atoms with Crippen LogP contribution in [0.2, 0.25) is 10.0 Å².